The van der Waals surface area contributed by atoms with E-state index in [1.54, 1.807) is 17.0 Å². The first kappa shape index (κ1) is 20.3. The van der Waals surface area contributed by atoms with Crippen molar-refractivity contribution >= 4 is 15.9 Å². The molecule has 8 heteroatoms. The fourth-order valence-electron chi connectivity index (χ4n) is 3.46. The van der Waals surface area contributed by atoms with Crippen LogP contribution in [0.15, 0.2) is 71.3 Å². The maximum atomic E-state index is 12.7. The summed E-state index contributed by atoms with van der Waals surface area (Å²) in [7, 11) is -3.40. The Labute approximate surface area is 176 Å². The molecule has 4 rings (SSSR count). The van der Waals surface area contributed by atoms with E-state index in [1.807, 2.05) is 48.5 Å². The van der Waals surface area contributed by atoms with Gasteiger partial charge in [-0.3, -0.25) is 4.79 Å². The summed E-state index contributed by atoms with van der Waals surface area (Å²) in [4.78, 5) is 18.7. The SMILES string of the molecule is O=C(Cc1coc(-c2ccccc2)n1)N1CCN(S(=O)(=O)Cc2ccccc2)CC1. The number of piperazine rings is 1. The molecule has 2 heterocycles. The van der Waals surface area contributed by atoms with Gasteiger partial charge in [-0.25, -0.2) is 13.4 Å². The Morgan fingerprint density at radius 3 is 2.23 bits per heavy atom. The van der Waals surface area contributed by atoms with E-state index in [1.165, 1.54) is 10.6 Å². The quantitative estimate of drug-likeness (QED) is 0.606. The van der Waals surface area contributed by atoms with Crippen LogP contribution in [0.1, 0.15) is 11.3 Å². The molecular weight excluding hydrogens is 402 g/mol. The Hall–Kier alpha value is -2.97. The van der Waals surface area contributed by atoms with Crippen molar-refractivity contribution in [2.45, 2.75) is 12.2 Å². The molecule has 1 aliphatic heterocycles. The molecular formula is C22H23N3O4S. The highest BCUT2D eigenvalue weighted by Crippen LogP contribution is 2.19. The number of rotatable bonds is 6. The Balaban J connectivity index is 1.32. The lowest BCUT2D eigenvalue weighted by atomic mass is 10.2. The van der Waals surface area contributed by atoms with Crippen molar-refractivity contribution in [3.8, 4) is 11.5 Å². The molecule has 0 spiro atoms. The topological polar surface area (TPSA) is 83.7 Å². The Kier molecular flexibility index (Phi) is 5.96. The van der Waals surface area contributed by atoms with Crippen molar-refractivity contribution in [1.82, 2.24) is 14.2 Å². The number of carbonyl (C=O) groups excluding carboxylic acids is 1. The van der Waals surface area contributed by atoms with Gasteiger partial charge in [-0.05, 0) is 17.7 Å². The summed E-state index contributed by atoms with van der Waals surface area (Å²) in [5.41, 5.74) is 2.18. The van der Waals surface area contributed by atoms with Gasteiger partial charge in [0.2, 0.25) is 21.8 Å². The predicted octanol–water partition coefficient (Wildman–Crippen LogP) is 2.56. The van der Waals surface area contributed by atoms with E-state index in [0.717, 1.165) is 11.1 Å². The minimum Gasteiger partial charge on any atom is -0.444 e. The third kappa shape index (κ3) is 4.77. The summed E-state index contributed by atoms with van der Waals surface area (Å²) in [6, 6.07) is 18.6. The molecule has 0 unspecified atom stereocenters. The van der Waals surface area contributed by atoms with Crippen molar-refractivity contribution in [2.24, 2.45) is 0 Å². The second-order valence-electron chi connectivity index (χ2n) is 7.21. The molecule has 1 amide bonds. The van der Waals surface area contributed by atoms with Crippen LogP contribution in [0.3, 0.4) is 0 Å². The molecule has 2 aromatic carbocycles. The lowest BCUT2D eigenvalue weighted by Gasteiger charge is -2.34. The third-order valence-corrected chi connectivity index (χ3v) is 6.93. The first-order chi connectivity index (χ1) is 14.5. The van der Waals surface area contributed by atoms with Gasteiger partial charge in [0, 0.05) is 31.7 Å². The van der Waals surface area contributed by atoms with Gasteiger partial charge in [-0.2, -0.15) is 4.31 Å². The Bertz CT molecular complexity index is 1090. The van der Waals surface area contributed by atoms with E-state index in [4.69, 9.17) is 4.42 Å². The summed E-state index contributed by atoms with van der Waals surface area (Å²) in [5, 5.41) is 0. The van der Waals surface area contributed by atoms with Gasteiger partial charge in [0.15, 0.2) is 0 Å². The number of oxazole rings is 1. The maximum Gasteiger partial charge on any atom is 0.228 e. The van der Waals surface area contributed by atoms with Crippen molar-refractivity contribution in [3.05, 3.63) is 78.2 Å². The monoisotopic (exact) mass is 425 g/mol. The summed E-state index contributed by atoms with van der Waals surface area (Å²) in [5.74, 6) is 0.376. The summed E-state index contributed by atoms with van der Waals surface area (Å²) >= 11 is 0. The minimum absolute atomic E-state index is 0.0248. The molecule has 7 nitrogen and oxygen atoms in total. The molecule has 3 aromatic rings. The van der Waals surface area contributed by atoms with Crippen LogP contribution >= 0.6 is 0 Å². The number of amides is 1. The molecule has 0 N–H and O–H groups in total. The van der Waals surface area contributed by atoms with E-state index in [-0.39, 0.29) is 18.1 Å². The summed E-state index contributed by atoms with van der Waals surface area (Å²) in [6.45, 7) is 1.34. The van der Waals surface area contributed by atoms with E-state index >= 15 is 0 Å². The van der Waals surface area contributed by atoms with Gasteiger partial charge >= 0.3 is 0 Å². The van der Waals surface area contributed by atoms with Gasteiger partial charge < -0.3 is 9.32 Å². The van der Waals surface area contributed by atoms with Crippen LogP contribution < -0.4 is 0 Å². The standard InChI is InChI=1S/C22H23N3O4S/c26-21(15-20-16-29-22(23-20)19-9-5-2-6-10-19)24-11-13-25(14-12-24)30(27,28)17-18-7-3-1-4-8-18/h1-10,16H,11-15,17H2. The minimum atomic E-state index is -3.40. The normalized spacial score (nSPS) is 15.3. The van der Waals surface area contributed by atoms with Gasteiger partial charge in [0.05, 0.1) is 17.9 Å². The molecule has 1 fully saturated rings. The van der Waals surface area contributed by atoms with Crippen LogP contribution in [0, 0.1) is 0 Å². The number of benzene rings is 2. The molecule has 30 heavy (non-hydrogen) atoms. The van der Waals surface area contributed by atoms with Crippen LogP contribution in [-0.4, -0.2) is 54.7 Å². The first-order valence-corrected chi connectivity index (χ1v) is 11.4. The lowest BCUT2D eigenvalue weighted by molar-refractivity contribution is -0.131. The predicted molar refractivity (Wildman–Crippen MR) is 113 cm³/mol. The first-order valence-electron chi connectivity index (χ1n) is 9.80. The van der Waals surface area contributed by atoms with Crippen molar-refractivity contribution in [2.75, 3.05) is 26.2 Å². The number of aromatic nitrogens is 1. The number of nitrogens with zero attached hydrogens (tertiary/aromatic N) is 3. The highest BCUT2D eigenvalue weighted by molar-refractivity contribution is 7.88. The van der Waals surface area contributed by atoms with E-state index < -0.39 is 10.0 Å². The number of hydrogen-bond acceptors (Lipinski definition) is 5. The number of carbonyl (C=O) groups is 1. The number of sulfonamides is 1. The highest BCUT2D eigenvalue weighted by Gasteiger charge is 2.29. The molecule has 0 radical (unpaired) electrons. The smallest absolute Gasteiger partial charge is 0.228 e. The van der Waals surface area contributed by atoms with E-state index in [2.05, 4.69) is 4.98 Å². The summed E-state index contributed by atoms with van der Waals surface area (Å²) in [6.07, 6.45) is 1.63. The molecule has 1 aliphatic rings. The molecule has 1 saturated heterocycles. The van der Waals surface area contributed by atoms with E-state index in [9.17, 15) is 13.2 Å². The van der Waals surface area contributed by atoms with Crippen LogP contribution in [-0.2, 0) is 27.0 Å². The van der Waals surface area contributed by atoms with Gasteiger partial charge in [-0.15, -0.1) is 0 Å². The van der Waals surface area contributed by atoms with Gasteiger partial charge in [-0.1, -0.05) is 48.5 Å². The van der Waals surface area contributed by atoms with E-state index in [0.29, 0.717) is 37.8 Å². The Morgan fingerprint density at radius 1 is 0.933 bits per heavy atom. The van der Waals surface area contributed by atoms with Gasteiger partial charge in [0.25, 0.3) is 0 Å². The van der Waals surface area contributed by atoms with Crippen LogP contribution in [0.5, 0.6) is 0 Å². The maximum absolute atomic E-state index is 12.7. The second kappa shape index (κ2) is 8.81. The molecule has 0 bridgehead atoms. The zero-order valence-electron chi connectivity index (χ0n) is 16.5. The Morgan fingerprint density at radius 2 is 1.57 bits per heavy atom. The average Bonchev–Trinajstić information content (AvgIpc) is 3.23. The van der Waals surface area contributed by atoms with Crippen LogP contribution in [0.4, 0.5) is 0 Å². The summed E-state index contributed by atoms with van der Waals surface area (Å²) < 4.78 is 32.3. The third-order valence-electron chi connectivity index (χ3n) is 5.08. The zero-order valence-corrected chi connectivity index (χ0v) is 17.3. The molecule has 156 valence electrons. The molecule has 0 saturated carbocycles. The second-order valence-corrected chi connectivity index (χ2v) is 9.18. The largest absolute Gasteiger partial charge is 0.444 e. The molecule has 0 atom stereocenters. The number of hydrogen-bond donors (Lipinski definition) is 0. The fourth-order valence-corrected chi connectivity index (χ4v) is 4.98. The van der Waals surface area contributed by atoms with Gasteiger partial charge in [0.1, 0.15) is 6.26 Å². The molecule has 1 aromatic heterocycles. The zero-order chi connectivity index (χ0) is 21.0. The molecule has 0 aliphatic carbocycles. The van der Waals surface area contributed by atoms with Crippen molar-refractivity contribution in [3.63, 3.8) is 0 Å². The van der Waals surface area contributed by atoms with Crippen LogP contribution in [0.2, 0.25) is 0 Å². The van der Waals surface area contributed by atoms with Crippen LogP contribution in [0.25, 0.3) is 11.5 Å². The lowest BCUT2D eigenvalue weighted by Crippen LogP contribution is -2.51. The fraction of sp³-hybridized carbons (Fsp3) is 0.273. The van der Waals surface area contributed by atoms with Crippen molar-refractivity contribution in [1.29, 1.82) is 0 Å². The average molecular weight is 426 g/mol. The van der Waals surface area contributed by atoms with Crippen molar-refractivity contribution < 1.29 is 17.6 Å². The highest BCUT2D eigenvalue weighted by atomic mass is 32.2.